The van der Waals surface area contributed by atoms with Crippen molar-refractivity contribution in [3.05, 3.63) is 0 Å². The first-order valence-electron chi connectivity index (χ1n) is 6.66. The molecule has 92 valence electrons. The number of amides is 1. The molecule has 2 rings (SSSR count). The molecule has 0 saturated heterocycles. The van der Waals surface area contributed by atoms with Gasteiger partial charge in [-0.1, -0.05) is 6.42 Å². The lowest BCUT2D eigenvalue weighted by molar-refractivity contribution is -0.139. The third kappa shape index (κ3) is 2.40. The molecule has 0 radical (unpaired) electrons. The van der Waals surface area contributed by atoms with Crippen LogP contribution >= 0.6 is 0 Å². The zero-order chi connectivity index (χ0) is 11.5. The van der Waals surface area contributed by atoms with E-state index >= 15 is 0 Å². The lowest BCUT2D eigenvalue weighted by Gasteiger charge is -2.38. The maximum Gasteiger partial charge on any atom is 0.225 e. The lowest BCUT2D eigenvalue weighted by atomic mass is 9.83. The van der Waals surface area contributed by atoms with Crippen molar-refractivity contribution in [1.29, 1.82) is 0 Å². The van der Waals surface area contributed by atoms with Crippen molar-refractivity contribution in [3.63, 3.8) is 0 Å². The van der Waals surface area contributed by atoms with Gasteiger partial charge in [-0.15, -0.1) is 0 Å². The van der Waals surface area contributed by atoms with E-state index in [9.17, 15) is 4.79 Å². The van der Waals surface area contributed by atoms with Crippen LogP contribution in [0.2, 0.25) is 0 Å². The lowest BCUT2D eigenvalue weighted by Crippen LogP contribution is -2.45. The van der Waals surface area contributed by atoms with Crippen molar-refractivity contribution >= 4 is 5.91 Å². The minimum atomic E-state index is 0.354. The third-order valence-corrected chi connectivity index (χ3v) is 4.45. The Morgan fingerprint density at radius 3 is 2.19 bits per heavy atom. The van der Waals surface area contributed by atoms with Crippen LogP contribution in [0.4, 0.5) is 0 Å². The van der Waals surface area contributed by atoms with E-state index < -0.39 is 0 Å². The molecule has 0 atom stereocenters. The maximum absolute atomic E-state index is 12.1. The molecule has 0 aliphatic heterocycles. The molecule has 0 spiro atoms. The summed E-state index contributed by atoms with van der Waals surface area (Å²) in [7, 11) is 4.04. The molecule has 0 bridgehead atoms. The Morgan fingerprint density at radius 2 is 1.75 bits per heavy atom. The van der Waals surface area contributed by atoms with E-state index in [0.717, 1.165) is 12.8 Å². The highest BCUT2D eigenvalue weighted by Gasteiger charge is 2.32. The quantitative estimate of drug-likeness (QED) is 0.792. The summed E-state index contributed by atoms with van der Waals surface area (Å²) in [4.78, 5) is 14.1. The van der Waals surface area contributed by atoms with Gasteiger partial charge in [0.1, 0.15) is 0 Å². The minimum absolute atomic E-state index is 0.354. The van der Waals surface area contributed by atoms with Gasteiger partial charge in [0.2, 0.25) is 5.91 Å². The summed E-state index contributed by atoms with van der Waals surface area (Å²) in [6.45, 7) is 0. The van der Waals surface area contributed by atoms with Crippen LogP contribution in [0.1, 0.15) is 44.9 Å². The Kier molecular flexibility index (Phi) is 3.85. The fourth-order valence-corrected chi connectivity index (χ4v) is 2.87. The summed E-state index contributed by atoms with van der Waals surface area (Å²) in [5.74, 6) is 0.756. The number of nitrogens with one attached hydrogen (secondary N) is 1. The largest absolute Gasteiger partial charge is 0.343 e. The SMILES string of the molecule is CNC1CCC(N(C)C(=O)C2CCC2)CC1. The van der Waals surface area contributed by atoms with Gasteiger partial charge in [-0.25, -0.2) is 0 Å². The van der Waals surface area contributed by atoms with E-state index in [4.69, 9.17) is 0 Å². The average Bonchev–Trinajstić information content (AvgIpc) is 2.26. The second-order valence-corrected chi connectivity index (χ2v) is 5.37. The summed E-state index contributed by atoms with van der Waals surface area (Å²) in [6, 6.07) is 1.17. The van der Waals surface area contributed by atoms with Crippen LogP contribution in [-0.4, -0.2) is 37.0 Å². The molecular formula is C13H24N2O. The van der Waals surface area contributed by atoms with Gasteiger partial charge in [0, 0.05) is 25.0 Å². The van der Waals surface area contributed by atoms with Crippen LogP contribution in [0.25, 0.3) is 0 Å². The Bertz CT molecular complexity index is 242. The molecule has 2 aliphatic rings. The first-order chi connectivity index (χ1) is 7.72. The molecule has 3 heteroatoms. The monoisotopic (exact) mass is 224 g/mol. The molecule has 2 aliphatic carbocycles. The number of hydrogen-bond donors (Lipinski definition) is 1. The fraction of sp³-hybridized carbons (Fsp3) is 0.923. The van der Waals surface area contributed by atoms with Crippen molar-refractivity contribution < 1.29 is 4.79 Å². The van der Waals surface area contributed by atoms with Crippen LogP contribution < -0.4 is 5.32 Å². The van der Waals surface area contributed by atoms with E-state index in [-0.39, 0.29) is 0 Å². The zero-order valence-corrected chi connectivity index (χ0v) is 10.5. The summed E-state index contributed by atoms with van der Waals surface area (Å²) in [6.07, 6.45) is 8.24. The van der Waals surface area contributed by atoms with E-state index in [1.54, 1.807) is 0 Å². The molecule has 2 fully saturated rings. The van der Waals surface area contributed by atoms with Gasteiger partial charge >= 0.3 is 0 Å². The number of hydrogen-bond acceptors (Lipinski definition) is 2. The molecule has 0 aromatic rings. The van der Waals surface area contributed by atoms with Crippen molar-refractivity contribution in [2.45, 2.75) is 57.0 Å². The van der Waals surface area contributed by atoms with Gasteiger partial charge in [0.25, 0.3) is 0 Å². The van der Waals surface area contributed by atoms with Gasteiger partial charge in [-0.2, -0.15) is 0 Å². The number of rotatable bonds is 3. The Morgan fingerprint density at radius 1 is 1.12 bits per heavy atom. The molecule has 1 N–H and O–H groups in total. The van der Waals surface area contributed by atoms with Crippen LogP contribution in [0.15, 0.2) is 0 Å². The van der Waals surface area contributed by atoms with Crippen LogP contribution in [-0.2, 0) is 4.79 Å². The summed E-state index contributed by atoms with van der Waals surface area (Å²) < 4.78 is 0. The maximum atomic E-state index is 12.1. The van der Waals surface area contributed by atoms with Crippen LogP contribution in [0.3, 0.4) is 0 Å². The highest BCUT2D eigenvalue weighted by molar-refractivity contribution is 5.79. The molecule has 0 heterocycles. The predicted octanol–water partition coefficient (Wildman–Crippen LogP) is 1.78. The first kappa shape index (κ1) is 11.9. The normalized spacial score (nSPS) is 30.9. The second-order valence-electron chi connectivity index (χ2n) is 5.37. The van der Waals surface area contributed by atoms with Crippen molar-refractivity contribution in [1.82, 2.24) is 10.2 Å². The topological polar surface area (TPSA) is 32.3 Å². The van der Waals surface area contributed by atoms with Crippen molar-refractivity contribution in [2.24, 2.45) is 5.92 Å². The van der Waals surface area contributed by atoms with Crippen LogP contribution in [0.5, 0.6) is 0 Å². The Balaban J connectivity index is 1.81. The van der Waals surface area contributed by atoms with Crippen LogP contribution in [0, 0.1) is 5.92 Å². The van der Waals surface area contributed by atoms with Gasteiger partial charge in [0.15, 0.2) is 0 Å². The standard InChI is InChI=1S/C13H24N2O/c1-14-11-6-8-12(9-7-11)15(2)13(16)10-4-3-5-10/h10-12,14H,3-9H2,1-2H3. The number of carbonyl (C=O) groups excluding carboxylic acids is 1. The molecule has 0 unspecified atom stereocenters. The molecular weight excluding hydrogens is 200 g/mol. The smallest absolute Gasteiger partial charge is 0.225 e. The van der Waals surface area contributed by atoms with Crippen molar-refractivity contribution in [2.75, 3.05) is 14.1 Å². The second kappa shape index (κ2) is 5.17. The van der Waals surface area contributed by atoms with Gasteiger partial charge < -0.3 is 10.2 Å². The Labute approximate surface area is 98.6 Å². The molecule has 0 aromatic carbocycles. The predicted molar refractivity (Wildman–Crippen MR) is 65.2 cm³/mol. The molecule has 1 amide bonds. The van der Waals surface area contributed by atoms with Crippen molar-refractivity contribution in [3.8, 4) is 0 Å². The Hall–Kier alpha value is -0.570. The molecule has 16 heavy (non-hydrogen) atoms. The number of carbonyl (C=O) groups is 1. The molecule has 0 aromatic heterocycles. The summed E-state index contributed by atoms with van der Waals surface area (Å²) in [5, 5.41) is 3.33. The fourth-order valence-electron chi connectivity index (χ4n) is 2.87. The third-order valence-electron chi connectivity index (χ3n) is 4.45. The van der Waals surface area contributed by atoms with Gasteiger partial charge in [0.05, 0.1) is 0 Å². The van der Waals surface area contributed by atoms with Gasteiger partial charge in [-0.3, -0.25) is 4.79 Å². The van der Waals surface area contributed by atoms with E-state index in [2.05, 4.69) is 5.32 Å². The van der Waals surface area contributed by atoms with E-state index in [1.807, 2.05) is 19.0 Å². The highest BCUT2D eigenvalue weighted by atomic mass is 16.2. The first-order valence-corrected chi connectivity index (χ1v) is 6.66. The molecule has 3 nitrogen and oxygen atoms in total. The summed E-state index contributed by atoms with van der Waals surface area (Å²) >= 11 is 0. The summed E-state index contributed by atoms with van der Waals surface area (Å²) in [5.41, 5.74) is 0. The van der Waals surface area contributed by atoms with E-state index in [1.165, 1.54) is 32.1 Å². The highest BCUT2D eigenvalue weighted by Crippen LogP contribution is 2.30. The minimum Gasteiger partial charge on any atom is -0.343 e. The van der Waals surface area contributed by atoms with E-state index in [0.29, 0.717) is 23.9 Å². The average molecular weight is 224 g/mol. The molecule has 2 saturated carbocycles. The van der Waals surface area contributed by atoms with Gasteiger partial charge in [-0.05, 0) is 45.6 Å². The number of nitrogens with zero attached hydrogens (tertiary/aromatic N) is 1. The zero-order valence-electron chi connectivity index (χ0n) is 10.5.